The van der Waals surface area contributed by atoms with E-state index in [0.29, 0.717) is 10.9 Å². The summed E-state index contributed by atoms with van der Waals surface area (Å²) in [7, 11) is 0. The van der Waals surface area contributed by atoms with Gasteiger partial charge in [-0.2, -0.15) is 18.2 Å². The standard InChI is InChI=1S/C13H10ClF3N2OS/c1-8-2-5-11(18-12(20)13(15,16)17)19(6-8)7-9-3-4-10(14)21-9/h2-6H,7H2,1H3/b18-11+. The highest BCUT2D eigenvalue weighted by Crippen LogP contribution is 2.22. The van der Waals surface area contributed by atoms with E-state index >= 15 is 0 Å². The van der Waals surface area contributed by atoms with Gasteiger partial charge in [0, 0.05) is 11.1 Å². The van der Waals surface area contributed by atoms with Crippen molar-refractivity contribution in [1.82, 2.24) is 4.57 Å². The first-order valence-electron chi connectivity index (χ1n) is 5.83. The predicted molar refractivity (Wildman–Crippen MR) is 74.2 cm³/mol. The van der Waals surface area contributed by atoms with Crippen molar-refractivity contribution in [2.75, 3.05) is 0 Å². The van der Waals surface area contributed by atoms with E-state index in [2.05, 4.69) is 4.99 Å². The van der Waals surface area contributed by atoms with Gasteiger partial charge in [0.15, 0.2) is 0 Å². The molecule has 0 saturated carbocycles. The van der Waals surface area contributed by atoms with Crippen LogP contribution in [-0.2, 0) is 11.3 Å². The van der Waals surface area contributed by atoms with Crippen molar-refractivity contribution in [3.05, 3.63) is 50.7 Å². The summed E-state index contributed by atoms with van der Waals surface area (Å²) in [6.45, 7) is 2.09. The molecule has 0 aliphatic heterocycles. The molecule has 0 bridgehead atoms. The maximum atomic E-state index is 12.3. The number of thiophene rings is 1. The monoisotopic (exact) mass is 334 g/mol. The van der Waals surface area contributed by atoms with Gasteiger partial charge in [-0.1, -0.05) is 17.7 Å². The van der Waals surface area contributed by atoms with Gasteiger partial charge in [0.05, 0.1) is 10.9 Å². The number of aryl methyl sites for hydroxylation is 1. The zero-order valence-electron chi connectivity index (χ0n) is 10.8. The van der Waals surface area contributed by atoms with E-state index < -0.39 is 12.1 Å². The smallest absolute Gasteiger partial charge is 0.327 e. The van der Waals surface area contributed by atoms with Crippen LogP contribution in [0.5, 0.6) is 0 Å². The lowest BCUT2D eigenvalue weighted by Crippen LogP contribution is -2.28. The van der Waals surface area contributed by atoms with Crippen LogP contribution >= 0.6 is 22.9 Å². The fourth-order valence-electron chi connectivity index (χ4n) is 1.66. The van der Waals surface area contributed by atoms with E-state index in [9.17, 15) is 18.0 Å². The zero-order valence-corrected chi connectivity index (χ0v) is 12.4. The Bertz CT molecular complexity index is 734. The first kappa shape index (κ1) is 15.8. The molecule has 0 radical (unpaired) electrons. The van der Waals surface area contributed by atoms with E-state index in [1.54, 1.807) is 31.3 Å². The molecule has 0 spiro atoms. The number of pyridine rings is 1. The molecule has 2 heterocycles. The first-order chi connectivity index (χ1) is 9.75. The topological polar surface area (TPSA) is 34.4 Å². The van der Waals surface area contributed by atoms with E-state index in [0.717, 1.165) is 10.4 Å². The van der Waals surface area contributed by atoms with Gasteiger partial charge in [0.2, 0.25) is 0 Å². The molecular weight excluding hydrogens is 325 g/mol. The minimum Gasteiger partial charge on any atom is -0.327 e. The quantitative estimate of drug-likeness (QED) is 0.827. The Kier molecular flexibility index (Phi) is 4.53. The Morgan fingerprint density at radius 1 is 1.33 bits per heavy atom. The molecule has 0 fully saturated rings. The van der Waals surface area contributed by atoms with Gasteiger partial charge in [-0.3, -0.25) is 4.79 Å². The van der Waals surface area contributed by atoms with Crippen LogP contribution in [0.4, 0.5) is 13.2 Å². The largest absolute Gasteiger partial charge is 0.473 e. The number of carbonyl (C=O) groups is 1. The lowest BCUT2D eigenvalue weighted by molar-refractivity contribution is -0.169. The summed E-state index contributed by atoms with van der Waals surface area (Å²) < 4.78 is 39.0. The number of alkyl halides is 3. The average molecular weight is 335 g/mol. The Balaban J connectivity index is 2.43. The Morgan fingerprint density at radius 3 is 2.62 bits per heavy atom. The SMILES string of the molecule is Cc1cc/c(=N\C(=O)C(F)(F)F)n(Cc2ccc(Cl)s2)c1. The molecule has 2 aromatic rings. The molecule has 0 unspecified atom stereocenters. The number of hydrogen-bond acceptors (Lipinski definition) is 2. The molecule has 0 aliphatic carbocycles. The van der Waals surface area contributed by atoms with E-state index in [1.165, 1.54) is 22.0 Å². The van der Waals surface area contributed by atoms with Crippen LogP contribution in [0.2, 0.25) is 4.34 Å². The average Bonchev–Trinajstić information content (AvgIpc) is 2.77. The van der Waals surface area contributed by atoms with Gasteiger partial charge in [-0.05, 0) is 30.7 Å². The third-order valence-corrected chi connectivity index (χ3v) is 3.78. The van der Waals surface area contributed by atoms with Crippen LogP contribution in [0.1, 0.15) is 10.4 Å². The van der Waals surface area contributed by atoms with Crippen molar-refractivity contribution in [3.63, 3.8) is 0 Å². The molecule has 0 N–H and O–H groups in total. The van der Waals surface area contributed by atoms with Gasteiger partial charge in [0.1, 0.15) is 5.49 Å². The Morgan fingerprint density at radius 2 is 2.05 bits per heavy atom. The molecule has 0 aromatic carbocycles. The molecule has 1 amide bonds. The number of rotatable bonds is 2. The van der Waals surface area contributed by atoms with Crippen LogP contribution in [0.15, 0.2) is 35.5 Å². The summed E-state index contributed by atoms with van der Waals surface area (Å²) in [5.74, 6) is -2.12. The minimum atomic E-state index is -4.98. The highest BCUT2D eigenvalue weighted by atomic mass is 35.5. The lowest BCUT2D eigenvalue weighted by atomic mass is 10.3. The second kappa shape index (κ2) is 6.03. The van der Waals surface area contributed by atoms with Crippen molar-refractivity contribution in [2.45, 2.75) is 19.6 Å². The summed E-state index contributed by atoms with van der Waals surface area (Å²) in [4.78, 5) is 15.0. The van der Waals surface area contributed by atoms with E-state index in [1.807, 2.05) is 0 Å². The molecule has 2 aromatic heterocycles. The van der Waals surface area contributed by atoms with E-state index in [-0.39, 0.29) is 5.49 Å². The van der Waals surface area contributed by atoms with Crippen molar-refractivity contribution in [1.29, 1.82) is 0 Å². The summed E-state index contributed by atoms with van der Waals surface area (Å²) in [6.07, 6.45) is -3.34. The molecule has 0 atom stereocenters. The van der Waals surface area contributed by atoms with Gasteiger partial charge in [-0.15, -0.1) is 11.3 Å². The predicted octanol–water partition coefficient (Wildman–Crippen LogP) is 3.55. The van der Waals surface area contributed by atoms with Crippen LogP contribution in [-0.4, -0.2) is 16.7 Å². The lowest BCUT2D eigenvalue weighted by Gasteiger charge is -2.08. The van der Waals surface area contributed by atoms with Crippen molar-refractivity contribution >= 4 is 28.8 Å². The van der Waals surface area contributed by atoms with Crippen LogP contribution < -0.4 is 5.49 Å². The zero-order chi connectivity index (χ0) is 15.6. The third-order valence-electron chi connectivity index (χ3n) is 2.56. The number of carbonyl (C=O) groups excluding carboxylic acids is 1. The van der Waals surface area contributed by atoms with Gasteiger partial charge >= 0.3 is 12.1 Å². The highest BCUT2D eigenvalue weighted by Gasteiger charge is 2.38. The first-order valence-corrected chi connectivity index (χ1v) is 7.02. The summed E-state index contributed by atoms with van der Waals surface area (Å²) in [5.41, 5.74) is 0.795. The second-order valence-electron chi connectivity index (χ2n) is 4.31. The van der Waals surface area contributed by atoms with Crippen LogP contribution in [0.25, 0.3) is 0 Å². The maximum absolute atomic E-state index is 12.3. The van der Waals surface area contributed by atoms with Gasteiger partial charge in [-0.25, -0.2) is 0 Å². The van der Waals surface area contributed by atoms with E-state index in [4.69, 9.17) is 11.6 Å². The van der Waals surface area contributed by atoms with Crippen molar-refractivity contribution in [2.24, 2.45) is 4.99 Å². The summed E-state index contributed by atoms with van der Waals surface area (Å²) in [6, 6.07) is 6.46. The molecule has 21 heavy (non-hydrogen) atoms. The summed E-state index contributed by atoms with van der Waals surface area (Å²) >= 11 is 7.14. The summed E-state index contributed by atoms with van der Waals surface area (Å²) in [5, 5.41) is 0. The molecule has 0 aliphatic rings. The second-order valence-corrected chi connectivity index (χ2v) is 6.11. The molecule has 3 nitrogen and oxygen atoms in total. The van der Waals surface area contributed by atoms with Crippen LogP contribution in [0.3, 0.4) is 0 Å². The van der Waals surface area contributed by atoms with Gasteiger partial charge < -0.3 is 4.57 Å². The Labute approximate surface area is 127 Å². The van der Waals surface area contributed by atoms with Crippen LogP contribution in [0, 0.1) is 6.92 Å². The normalized spacial score (nSPS) is 12.7. The number of hydrogen-bond donors (Lipinski definition) is 0. The van der Waals surface area contributed by atoms with Crippen molar-refractivity contribution in [3.8, 4) is 0 Å². The number of aromatic nitrogens is 1. The fourth-order valence-corrected chi connectivity index (χ4v) is 2.74. The highest BCUT2D eigenvalue weighted by molar-refractivity contribution is 7.16. The minimum absolute atomic E-state index is 0.0487. The maximum Gasteiger partial charge on any atom is 0.473 e. The third kappa shape index (κ3) is 4.18. The molecule has 112 valence electrons. The number of nitrogens with zero attached hydrogens (tertiary/aromatic N) is 2. The Hall–Kier alpha value is -1.60. The molecular formula is C13H10ClF3N2OS. The van der Waals surface area contributed by atoms with Crippen molar-refractivity contribution < 1.29 is 18.0 Å². The molecule has 2 rings (SSSR count). The number of amides is 1. The van der Waals surface area contributed by atoms with Gasteiger partial charge in [0.25, 0.3) is 0 Å². The number of halogens is 4. The molecule has 8 heteroatoms. The fraction of sp³-hybridized carbons (Fsp3) is 0.231. The molecule has 0 saturated heterocycles.